The molecule has 0 aromatic heterocycles. The van der Waals surface area contributed by atoms with E-state index in [1.54, 1.807) is 0 Å². The van der Waals surface area contributed by atoms with E-state index >= 15 is 0 Å². The van der Waals surface area contributed by atoms with Gasteiger partial charge in [0, 0.05) is 25.7 Å². The van der Waals surface area contributed by atoms with E-state index in [0.29, 0.717) is 25.7 Å². The maximum Gasteiger partial charge on any atom is 0.472 e. The largest absolute Gasteiger partial charge is 0.472 e. The topological polar surface area (TPSA) is 237 Å². The molecule has 0 aliphatic rings. The lowest BCUT2D eigenvalue weighted by atomic mass is 10.0. The fourth-order valence-electron chi connectivity index (χ4n) is 10.9. The van der Waals surface area contributed by atoms with Gasteiger partial charge in [0.15, 0.2) is 12.2 Å². The van der Waals surface area contributed by atoms with Gasteiger partial charge >= 0.3 is 39.5 Å². The van der Waals surface area contributed by atoms with Crippen LogP contribution in [-0.4, -0.2) is 96.7 Å². The second-order valence-electron chi connectivity index (χ2n) is 26.9. The van der Waals surface area contributed by atoms with Crippen LogP contribution in [0.4, 0.5) is 0 Å². The van der Waals surface area contributed by atoms with Crippen LogP contribution < -0.4 is 0 Å². The van der Waals surface area contributed by atoms with Gasteiger partial charge in [-0.1, -0.05) is 318 Å². The highest BCUT2D eigenvalue weighted by molar-refractivity contribution is 7.47. The number of phosphoric ester groups is 2. The van der Waals surface area contributed by atoms with Crippen molar-refractivity contribution in [3.05, 3.63) is 0 Å². The van der Waals surface area contributed by atoms with Gasteiger partial charge in [-0.15, -0.1) is 0 Å². The summed E-state index contributed by atoms with van der Waals surface area (Å²) < 4.78 is 68.0. The number of esters is 4. The lowest BCUT2D eigenvalue weighted by Gasteiger charge is -2.21. The summed E-state index contributed by atoms with van der Waals surface area (Å²) in [5.74, 6) is -0.517. The highest BCUT2D eigenvalue weighted by Gasteiger charge is 2.30. The molecule has 0 bridgehead atoms. The number of aliphatic hydroxyl groups is 1. The Balaban J connectivity index is 5.09. The summed E-state index contributed by atoms with van der Waals surface area (Å²) in [5, 5.41) is 10.5. The molecule has 5 atom stereocenters. The maximum atomic E-state index is 13.1. The average molecular weight is 1340 g/mol. The Bertz CT molecular complexity index is 1770. The van der Waals surface area contributed by atoms with Gasteiger partial charge in [0.2, 0.25) is 0 Å². The minimum Gasteiger partial charge on any atom is -0.462 e. The first-order valence-electron chi connectivity index (χ1n) is 37.5. The van der Waals surface area contributed by atoms with E-state index in [1.165, 1.54) is 173 Å². The van der Waals surface area contributed by atoms with E-state index in [1.807, 2.05) is 0 Å². The van der Waals surface area contributed by atoms with Gasteiger partial charge in [-0.25, -0.2) is 9.13 Å². The minimum atomic E-state index is -4.95. The Morgan fingerprint density at radius 1 is 0.297 bits per heavy atom. The summed E-state index contributed by atoms with van der Waals surface area (Å²) in [7, 11) is -9.89. The number of phosphoric acid groups is 2. The van der Waals surface area contributed by atoms with Gasteiger partial charge in [-0.05, 0) is 37.5 Å². The van der Waals surface area contributed by atoms with E-state index in [2.05, 4.69) is 41.5 Å². The van der Waals surface area contributed by atoms with Crippen LogP contribution in [0.25, 0.3) is 0 Å². The van der Waals surface area contributed by atoms with E-state index < -0.39 is 97.5 Å². The van der Waals surface area contributed by atoms with Crippen LogP contribution in [-0.2, 0) is 65.4 Å². The summed E-state index contributed by atoms with van der Waals surface area (Å²) in [4.78, 5) is 72.2. The van der Waals surface area contributed by atoms with Crippen molar-refractivity contribution in [3.8, 4) is 0 Å². The van der Waals surface area contributed by atoms with Crippen molar-refractivity contribution < 1.29 is 80.2 Å². The van der Waals surface area contributed by atoms with Gasteiger partial charge in [-0.2, -0.15) is 0 Å². The molecule has 540 valence electrons. The molecule has 0 fully saturated rings. The Morgan fingerprint density at radius 3 is 0.747 bits per heavy atom. The number of hydrogen-bond donors (Lipinski definition) is 3. The van der Waals surface area contributed by atoms with Crippen LogP contribution in [0.3, 0.4) is 0 Å². The molecule has 0 radical (unpaired) electrons. The number of rotatable bonds is 71. The second-order valence-corrected chi connectivity index (χ2v) is 29.8. The van der Waals surface area contributed by atoms with Crippen LogP contribution in [0.5, 0.6) is 0 Å². The van der Waals surface area contributed by atoms with Crippen LogP contribution in [0.2, 0.25) is 0 Å². The van der Waals surface area contributed by atoms with Crippen molar-refractivity contribution in [2.24, 2.45) is 11.8 Å². The Labute approximate surface area is 556 Å². The zero-order chi connectivity index (χ0) is 67.2. The predicted molar refractivity (Wildman–Crippen MR) is 368 cm³/mol. The lowest BCUT2D eigenvalue weighted by molar-refractivity contribution is -0.161. The molecule has 17 nitrogen and oxygen atoms in total. The van der Waals surface area contributed by atoms with E-state index in [9.17, 15) is 43.2 Å². The summed E-state index contributed by atoms with van der Waals surface area (Å²) in [6.45, 7) is 9.50. The molecule has 0 aliphatic heterocycles. The average Bonchev–Trinajstić information content (AvgIpc) is 2.62. The Morgan fingerprint density at radius 2 is 0.505 bits per heavy atom. The molecule has 0 spiro atoms. The van der Waals surface area contributed by atoms with Crippen molar-refractivity contribution in [1.29, 1.82) is 0 Å². The zero-order valence-corrected chi connectivity index (χ0v) is 60.9. The van der Waals surface area contributed by atoms with Crippen LogP contribution >= 0.6 is 15.6 Å². The quantitative estimate of drug-likeness (QED) is 0.0222. The second kappa shape index (κ2) is 64.1. The summed E-state index contributed by atoms with van der Waals surface area (Å²) in [6, 6.07) is 0. The molecule has 19 heteroatoms. The lowest BCUT2D eigenvalue weighted by Crippen LogP contribution is -2.30. The smallest absolute Gasteiger partial charge is 0.462 e. The standard InChI is InChI=1S/C72H140O17P2/c1-7-9-11-13-14-37-44-50-56-71(76)88-67(60-82-69(74)54-48-40-12-10-8-2)62-86-90(78,79)84-58-66(73)59-85-91(80,81)87-63-68(61-83-70(75)55-49-43-38-33-29-25-22-21-24-28-32-36-42-47-53-65(5)6)89-72(77)57-51-45-39-34-30-26-20-18-16-15-17-19-23-27-31-35-41-46-52-64(3)4/h64-68,73H,7-63H2,1-6H3,(H,78,79)(H,80,81)/t66-,67+,68+/m0/s1. The first-order chi connectivity index (χ1) is 43.9. The molecular weight excluding hydrogens is 1200 g/mol. The minimum absolute atomic E-state index is 0.104. The third-order valence-corrected chi connectivity index (χ3v) is 18.6. The number of aliphatic hydroxyl groups excluding tert-OH is 1. The van der Waals surface area contributed by atoms with Gasteiger partial charge in [0.05, 0.1) is 26.4 Å². The fraction of sp³-hybridized carbons (Fsp3) is 0.944. The number of hydrogen-bond acceptors (Lipinski definition) is 15. The highest BCUT2D eigenvalue weighted by atomic mass is 31.2. The maximum absolute atomic E-state index is 13.1. The van der Waals surface area contributed by atoms with Crippen LogP contribution in [0.1, 0.15) is 369 Å². The van der Waals surface area contributed by atoms with Gasteiger partial charge in [-0.3, -0.25) is 37.3 Å². The summed E-state index contributed by atoms with van der Waals surface area (Å²) in [6.07, 6.45) is 50.6. The number of unbranched alkanes of at least 4 members (excludes halogenated alkanes) is 41. The first kappa shape index (κ1) is 89.1. The van der Waals surface area contributed by atoms with Crippen LogP contribution in [0.15, 0.2) is 0 Å². The Kier molecular flexibility index (Phi) is 62.7. The Hall–Kier alpha value is -1.94. The molecular formula is C72H140O17P2. The van der Waals surface area contributed by atoms with Gasteiger partial charge in [0.1, 0.15) is 19.3 Å². The normalized spacial score (nSPS) is 14.1. The van der Waals surface area contributed by atoms with Crippen molar-refractivity contribution in [2.75, 3.05) is 39.6 Å². The van der Waals surface area contributed by atoms with Crippen molar-refractivity contribution in [3.63, 3.8) is 0 Å². The molecule has 0 heterocycles. The summed E-state index contributed by atoms with van der Waals surface area (Å²) >= 11 is 0. The monoisotopic (exact) mass is 1340 g/mol. The molecule has 0 rings (SSSR count). The molecule has 0 amide bonds. The number of ether oxygens (including phenoxy) is 4. The van der Waals surface area contributed by atoms with Gasteiger partial charge in [0.25, 0.3) is 0 Å². The number of carbonyl (C=O) groups is 4. The van der Waals surface area contributed by atoms with Crippen molar-refractivity contribution in [2.45, 2.75) is 387 Å². The van der Waals surface area contributed by atoms with E-state index in [-0.39, 0.29) is 25.7 Å². The molecule has 0 aromatic rings. The van der Waals surface area contributed by atoms with Crippen LogP contribution in [0, 0.1) is 11.8 Å². The summed E-state index contributed by atoms with van der Waals surface area (Å²) in [5.41, 5.74) is 0. The van der Waals surface area contributed by atoms with Gasteiger partial charge < -0.3 is 33.8 Å². The SMILES string of the molecule is CCCCCCCCCCC(=O)O[C@H](COC(=O)CCCCCCC)COP(=O)(O)OC[C@H](O)COP(=O)(O)OC[C@@H](COC(=O)CCCCCCCCCCCCCCCCC(C)C)OC(=O)CCCCCCCCCCCCCCCCCCCCC(C)C. The van der Waals surface area contributed by atoms with Crippen molar-refractivity contribution in [1.82, 2.24) is 0 Å². The number of carbonyl (C=O) groups excluding carboxylic acids is 4. The zero-order valence-electron chi connectivity index (χ0n) is 59.1. The highest BCUT2D eigenvalue weighted by Crippen LogP contribution is 2.45. The van der Waals surface area contributed by atoms with E-state index in [4.69, 9.17) is 37.0 Å². The molecule has 3 N–H and O–H groups in total. The molecule has 2 unspecified atom stereocenters. The fourth-order valence-corrected chi connectivity index (χ4v) is 12.5. The molecule has 0 saturated carbocycles. The molecule has 91 heavy (non-hydrogen) atoms. The third-order valence-electron chi connectivity index (χ3n) is 16.7. The van der Waals surface area contributed by atoms with E-state index in [0.717, 1.165) is 115 Å². The molecule has 0 aromatic carbocycles. The van der Waals surface area contributed by atoms with Crippen molar-refractivity contribution >= 4 is 39.5 Å². The predicted octanol–water partition coefficient (Wildman–Crippen LogP) is 20.8. The molecule has 0 saturated heterocycles. The first-order valence-corrected chi connectivity index (χ1v) is 40.5. The third kappa shape index (κ3) is 66.5. The molecule has 0 aliphatic carbocycles.